The lowest BCUT2D eigenvalue weighted by atomic mass is 10.0. The summed E-state index contributed by atoms with van der Waals surface area (Å²) in [5.74, 6) is 0.0304. The molecule has 1 aromatic carbocycles. The predicted octanol–water partition coefficient (Wildman–Crippen LogP) is 2.36. The fourth-order valence-electron chi connectivity index (χ4n) is 2.06. The summed E-state index contributed by atoms with van der Waals surface area (Å²) in [4.78, 5) is 0. The van der Waals surface area contributed by atoms with Crippen molar-refractivity contribution in [2.75, 3.05) is 12.3 Å². The maximum atomic E-state index is 10.8. The largest absolute Gasteiger partial charge is 0.310 e. The van der Waals surface area contributed by atoms with E-state index in [1.165, 1.54) is 24.0 Å². The molecule has 4 nitrogen and oxygen atoms in total. The van der Waals surface area contributed by atoms with Gasteiger partial charge in [0.25, 0.3) is 0 Å². The van der Waals surface area contributed by atoms with Gasteiger partial charge in [0.15, 0.2) is 0 Å². The molecule has 0 aromatic heterocycles. The van der Waals surface area contributed by atoms with Crippen LogP contribution in [0.5, 0.6) is 0 Å². The van der Waals surface area contributed by atoms with Crippen LogP contribution in [0.4, 0.5) is 0 Å². The second-order valence-electron chi connectivity index (χ2n) is 5.24. The Bertz CT molecular complexity index is 483. The van der Waals surface area contributed by atoms with Gasteiger partial charge in [0, 0.05) is 6.04 Å². The van der Waals surface area contributed by atoms with Gasteiger partial charge in [0.2, 0.25) is 10.0 Å². The van der Waals surface area contributed by atoms with Crippen LogP contribution >= 0.6 is 0 Å². The van der Waals surface area contributed by atoms with E-state index in [1.807, 2.05) is 0 Å². The third-order valence-corrected chi connectivity index (χ3v) is 4.21. The first-order valence-corrected chi connectivity index (χ1v) is 8.96. The lowest BCUT2D eigenvalue weighted by Gasteiger charge is -2.14. The lowest BCUT2D eigenvalue weighted by Crippen LogP contribution is -2.24. The van der Waals surface area contributed by atoms with Gasteiger partial charge in [0.05, 0.1) is 5.75 Å². The average molecular weight is 298 g/mol. The Balaban J connectivity index is 2.37. The number of nitrogens with two attached hydrogens (primary N) is 1. The van der Waals surface area contributed by atoms with Gasteiger partial charge in [-0.1, -0.05) is 37.6 Å². The zero-order valence-electron chi connectivity index (χ0n) is 12.4. The molecule has 0 spiro atoms. The van der Waals surface area contributed by atoms with Gasteiger partial charge < -0.3 is 5.32 Å². The van der Waals surface area contributed by atoms with Crippen LogP contribution in [-0.4, -0.2) is 20.7 Å². The third-order valence-electron chi connectivity index (χ3n) is 3.35. The number of primary sulfonamides is 1. The van der Waals surface area contributed by atoms with Crippen molar-refractivity contribution in [3.8, 4) is 0 Å². The van der Waals surface area contributed by atoms with Crippen molar-refractivity contribution in [2.45, 2.75) is 45.6 Å². The van der Waals surface area contributed by atoms with Crippen LogP contribution in [0.3, 0.4) is 0 Å². The van der Waals surface area contributed by atoms with Gasteiger partial charge in [-0.25, -0.2) is 13.6 Å². The Hall–Kier alpha value is -0.910. The molecular weight excluding hydrogens is 272 g/mol. The zero-order valence-corrected chi connectivity index (χ0v) is 13.2. The summed E-state index contributed by atoms with van der Waals surface area (Å²) in [7, 11) is -3.34. The summed E-state index contributed by atoms with van der Waals surface area (Å²) >= 11 is 0. The van der Waals surface area contributed by atoms with Crippen LogP contribution in [0.25, 0.3) is 0 Å². The van der Waals surface area contributed by atoms with Crippen molar-refractivity contribution in [1.29, 1.82) is 0 Å². The number of hydrogen-bond acceptors (Lipinski definition) is 3. The second kappa shape index (κ2) is 8.39. The van der Waals surface area contributed by atoms with E-state index < -0.39 is 10.0 Å². The minimum atomic E-state index is -3.34. The van der Waals surface area contributed by atoms with Gasteiger partial charge in [0.1, 0.15) is 0 Å². The van der Waals surface area contributed by atoms with E-state index >= 15 is 0 Å². The molecular formula is C15H26N2O2S. The molecule has 0 radical (unpaired) electrons. The van der Waals surface area contributed by atoms with Gasteiger partial charge in [-0.2, -0.15) is 0 Å². The van der Waals surface area contributed by atoms with Crippen LogP contribution in [-0.2, 0) is 16.4 Å². The summed E-state index contributed by atoms with van der Waals surface area (Å²) in [6, 6.07) is 8.85. The van der Waals surface area contributed by atoms with E-state index in [4.69, 9.17) is 5.14 Å². The molecule has 1 aromatic rings. The van der Waals surface area contributed by atoms with E-state index in [0.29, 0.717) is 13.0 Å². The molecule has 0 aliphatic heterocycles. The molecule has 0 saturated carbocycles. The van der Waals surface area contributed by atoms with Crippen molar-refractivity contribution in [3.63, 3.8) is 0 Å². The fourth-order valence-corrected chi connectivity index (χ4v) is 2.61. The van der Waals surface area contributed by atoms with Gasteiger partial charge in [-0.05, 0) is 43.9 Å². The molecule has 0 saturated heterocycles. The molecule has 0 heterocycles. The summed E-state index contributed by atoms with van der Waals surface area (Å²) in [5.41, 5.74) is 2.60. The molecule has 0 amide bonds. The number of unbranched alkanes of at least 4 members (excludes halogenated alkanes) is 1. The normalized spacial score (nSPS) is 13.3. The molecule has 0 bridgehead atoms. The SMILES string of the molecule is CCCCc1ccc(C(C)NCCCS(N)(=O)=O)cc1. The number of sulfonamides is 1. The standard InChI is InChI=1S/C15H26N2O2S/c1-3-4-6-14-7-9-15(10-8-14)13(2)17-11-5-12-20(16,18)19/h7-10,13,17H,3-6,11-12H2,1-2H3,(H2,16,18,19). The van der Waals surface area contributed by atoms with Gasteiger partial charge in [-0.15, -0.1) is 0 Å². The summed E-state index contributed by atoms with van der Waals surface area (Å²) in [6.07, 6.45) is 4.11. The molecule has 1 unspecified atom stereocenters. The quantitative estimate of drug-likeness (QED) is 0.687. The number of benzene rings is 1. The molecule has 0 fully saturated rings. The summed E-state index contributed by atoms with van der Waals surface area (Å²) < 4.78 is 21.6. The van der Waals surface area contributed by atoms with E-state index in [-0.39, 0.29) is 11.8 Å². The highest BCUT2D eigenvalue weighted by atomic mass is 32.2. The monoisotopic (exact) mass is 298 g/mol. The predicted molar refractivity (Wildman–Crippen MR) is 84.1 cm³/mol. The van der Waals surface area contributed by atoms with E-state index in [2.05, 4.69) is 43.4 Å². The Morgan fingerprint density at radius 1 is 1.20 bits per heavy atom. The Kier molecular flexibility index (Phi) is 7.19. The first-order chi connectivity index (χ1) is 9.42. The summed E-state index contributed by atoms with van der Waals surface area (Å²) in [5, 5.41) is 8.28. The molecule has 1 rings (SSSR count). The minimum Gasteiger partial charge on any atom is -0.310 e. The first kappa shape index (κ1) is 17.1. The van der Waals surface area contributed by atoms with Gasteiger partial charge >= 0.3 is 0 Å². The van der Waals surface area contributed by atoms with Crippen LogP contribution in [0, 0.1) is 0 Å². The van der Waals surface area contributed by atoms with E-state index in [1.54, 1.807) is 0 Å². The summed E-state index contributed by atoms with van der Waals surface area (Å²) in [6.45, 7) is 4.93. The topological polar surface area (TPSA) is 72.2 Å². The Morgan fingerprint density at radius 2 is 1.85 bits per heavy atom. The lowest BCUT2D eigenvalue weighted by molar-refractivity contribution is 0.560. The maximum Gasteiger partial charge on any atom is 0.209 e. The molecule has 0 aliphatic carbocycles. The van der Waals surface area contributed by atoms with Crippen LogP contribution in [0.1, 0.15) is 50.3 Å². The number of nitrogens with one attached hydrogen (secondary N) is 1. The van der Waals surface area contributed by atoms with Crippen molar-refractivity contribution < 1.29 is 8.42 Å². The maximum absolute atomic E-state index is 10.8. The molecule has 5 heteroatoms. The van der Waals surface area contributed by atoms with Crippen molar-refractivity contribution in [3.05, 3.63) is 35.4 Å². The van der Waals surface area contributed by atoms with Crippen molar-refractivity contribution in [1.82, 2.24) is 5.32 Å². The number of hydrogen-bond donors (Lipinski definition) is 2. The average Bonchev–Trinajstić information content (AvgIpc) is 2.40. The fraction of sp³-hybridized carbons (Fsp3) is 0.600. The number of aryl methyl sites for hydroxylation is 1. The molecule has 1 atom stereocenters. The van der Waals surface area contributed by atoms with E-state index in [0.717, 1.165) is 6.42 Å². The van der Waals surface area contributed by atoms with Crippen LogP contribution in [0.2, 0.25) is 0 Å². The highest BCUT2D eigenvalue weighted by Gasteiger charge is 2.06. The highest BCUT2D eigenvalue weighted by molar-refractivity contribution is 7.89. The van der Waals surface area contributed by atoms with Crippen molar-refractivity contribution in [2.24, 2.45) is 5.14 Å². The second-order valence-corrected chi connectivity index (χ2v) is 6.98. The highest BCUT2D eigenvalue weighted by Crippen LogP contribution is 2.14. The van der Waals surface area contributed by atoms with Gasteiger partial charge in [-0.3, -0.25) is 0 Å². The smallest absolute Gasteiger partial charge is 0.209 e. The Morgan fingerprint density at radius 3 is 2.40 bits per heavy atom. The first-order valence-electron chi connectivity index (χ1n) is 7.25. The molecule has 0 aliphatic rings. The van der Waals surface area contributed by atoms with E-state index in [9.17, 15) is 8.42 Å². The zero-order chi connectivity index (χ0) is 15.0. The Labute approximate surface area is 122 Å². The van der Waals surface area contributed by atoms with Crippen LogP contribution in [0.15, 0.2) is 24.3 Å². The molecule has 20 heavy (non-hydrogen) atoms. The molecule has 114 valence electrons. The van der Waals surface area contributed by atoms with Crippen molar-refractivity contribution >= 4 is 10.0 Å². The third kappa shape index (κ3) is 7.03. The molecule has 3 N–H and O–H groups in total. The minimum absolute atomic E-state index is 0.0304. The van der Waals surface area contributed by atoms with Crippen LogP contribution < -0.4 is 10.5 Å². The number of rotatable bonds is 9.